The van der Waals surface area contributed by atoms with Crippen molar-refractivity contribution >= 4 is 28.2 Å². The molecule has 2 aromatic carbocycles. The minimum absolute atomic E-state index is 0.0246. The van der Waals surface area contributed by atoms with Crippen molar-refractivity contribution in [2.24, 2.45) is 0 Å². The van der Waals surface area contributed by atoms with E-state index in [0.717, 1.165) is 40.3 Å². The normalized spacial score (nSPS) is 17.4. The lowest BCUT2D eigenvalue weighted by Gasteiger charge is -2.35. The second-order valence-electron chi connectivity index (χ2n) is 6.01. The summed E-state index contributed by atoms with van der Waals surface area (Å²) < 4.78 is 5.96. The number of morpholine rings is 1. The van der Waals surface area contributed by atoms with Gasteiger partial charge < -0.3 is 9.64 Å². The molecular weight excluding hydrogens is 334 g/mol. The van der Waals surface area contributed by atoms with Gasteiger partial charge in [0.1, 0.15) is 17.9 Å². The van der Waals surface area contributed by atoms with Gasteiger partial charge in [0.25, 0.3) is 0 Å². The van der Waals surface area contributed by atoms with Crippen LogP contribution in [0.3, 0.4) is 0 Å². The Bertz CT molecular complexity index is 949. The molecule has 1 aliphatic heterocycles. The number of ether oxygens (including phenoxy) is 1. The van der Waals surface area contributed by atoms with E-state index in [0.29, 0.717) is 12.3 Å². The Morgan fingerprint density at radius 2 is 1.96 bits per heavy atom. The summed E-state index contributed by atoms with van der Waals surface area (Å²) in [6.45, 7) is 2.13. The van der Waals surface area contributed by atoms with Crippen LogP contribution in [-0.4, -0.2) is 24.7 Å². The number of rotatable bonds is 2. The number of pyridine rings is 1. The minimum Gasteiger partial charge on any atom is -0.370 e. The number of benzene rings is 2. The molecule has 1 atom stereocenters. The van der Waals surface area contributed by atoms with E-state index in [1.807, 2.05) is 54.6 Å². The Labute approximate surface area is 151 Å². The summed E-state index contributed by atoms with van der Waals surface area (Å²) in [5.41, 5.74) is 3.41. The van der Waals surface area contributed by atoms with Crippen LogP contribution in [0.15, 0.2) is 54.6 Å². The van der Waals surface area contributed by atoms with Gasteiger partial charge in [-0.15, -0.1) is 0 Å². The number of para-hydroxylation sites is 1. The van der Waals surface area contributed by atoms with Gasteiger partial charge in [0.15, 0.2) is 0 Å². The van der Waals surface area contributed by atoms with Gasteiger partial charge >= 0.3 is 0 Å². The highest BCUT2D eigenvalue weighted by Crippen LogP contribution is 2.31. The van der Waals surface area contributed by atoms with Gasteiger partial charge in [0.05, 0.1) is 12.1 Å². The number of nitrogens with zero attached hydrogens (tertiary/aromatic N) is 3. The summed E-state index contributed by atoms with van der Waals surface area (Å²) in [6.07, 6.45) is -0.0246. The fourth-order valence-electron chi connectivity index (χ4n) is 3.22. The molecule has 1 aliphatic rings. The second kappa shape index (κ2) is 6.72. The first-order valence-corrected chi connectivity index (χ1v) is 8.54. The molecule has 0 bridgehead atoms. The molecule has 25 heavy (non-hydrogen) atoms. The molecule has 1 unspecified atom stereocenters. The standard InChI is InChI=1S/C20H16ClN3O/c21-15-7-5-14(6-8-15)20-13-24(9-10-25-20)19-11-16(12-22)23-18-4-2-1-3-17(18)19/h1-8,11,20H,9-10,13H2. The van der Waals surface area contributed by atoms with Crippen LogP contribution in [0, 0.1) is 11.3 Å². The lowest BCUT2D eigenvalue weighted by molar-refractivity contribution is 0.0399. The molecule has 4 rings (SSSR count). The number of hydrogen-bond acceptors (Lipinski definition) is 4. The Hall–Kier alpha value is -2.61. The van der Waals surface area contributed by atoms with Crippen LogP contribution in [0.1, 0.15) is 17.4 Å². The Kier molecular flexibility index (Phi) is 4.27. The van der Waals surface area contributed by atoms with Gasteiger partial charge in [-0.1, -0.05) is 41.9 Å². The highest BCUT2D eigenvalue weighted by Gasteiger charge is 2.24. The third-order valence-corrected chi connectivity index (χ3v) is 4.71. The Balaban J connectivity index is 1.71. The maximum Gasteiger partial charge on any atom is 0.143 e. The van der Waals surface area contributed by atoms with Crippen LogP contribution in [-0.2, 0) is 4.74 Å². The lowest BCUT2D eigenvalue weighted by Crippen LogP contribution is -2.38. The van der Waals surface area contributed by atoms with E-state index >= 15 is 0 Å². The van der Waals surface area contributed by atoms with Crippen LogP contribution in [0.5, 0.6) is 0 Å². The molecular formula is C20H16ClN3O. The summed E-state index contributed by atoms with van der Waals surface area (Å²) in [6, 6.07) is 19.7. The average Bonchev–Trinajstić information content (AvgIpc) is 2.67. The highest BCUT2D eigenvalue weighted by atomic mass is 35.5. The molecule has 1 saturated heterocycles. The molecule has 0 spiro atoms. The van der Waals surface area contributed by atoms with Crippen molar-refractivity contribution in [1.82, 2.24) is 4.98 Å². The van der Waals surface area contributed by atoms with Crippen LogP contribution in [0.2, 0.25) is 5.02 Å². The molecule has 0 amide bonds. The number of anilines is 1. The molecule has 3 aromatic rings. The maximum absolute atomic E-state index is 9.31. The van der Waals surface area contributed by atoms with Gasteiger partial charge in [-0.3, -0.25) is 0 Å². The highest BCUT2D eigenvalue weighted by molar-refractivity contribution is 6.30. The lowest BCUT2D eigenvalue weighted by atomic mass is 10.1. The zero-order chi connectivity index (χ0) is 17.2. The van der Waals surface area contributed by atoms with Crippen molar-refractivity contribution < 1.29 is 4.74 Å². The quantitative estimate of drug-likeness (QED) is 0.690. The second-order valence-corrected chi connectivity index (χ2v) is 6.45. The van der Waals surface area contributed by atoms with E-state index in [-0.39, 0.29) is 6.10 Å². The van der Waals surface area contributed by atoms with Crippen molar-refractivity contribution in [2.75, 3.05) is 24.6 Å². The number of aromatic nitrogens is 1. The Morgan fingerprint density at radius 1 is 1.16 bits per heavy atom. The van der Waals surface area contributed by atoms with E-state index in [1.54, 1.807) is 0 Å². The van der Waals surface area contributed by atoms with Crippen LogP contribution < -0.4 is 4.90 Å². The molecule has 1 aromatic heterocycles. The number of hydrogen-bond donors (Lipinski definition) is 0. The predicted octanol–water partition coefficient (Wildman–Crippen LogP) is 4.34. The smallest absolute Gasteiger partial charge is 0.143 e. The van der Waals surface area contributed by atoms with Crippen LogP contribution in [0.25, 0.3) is 10.9 Å². The maximum atomic E-state index is 9.31. The molecule has 1 fully saturated rings. The van der Waals surface area contributed by atoms with Crippen molar-refractivity contribution in [3.8, 4) is 6.07 Å². The van der Waals surface area contributed by atoms with Crippen molar-refractivity contribution in [3.63, 3.8) is 0 Å². The van der Waals surface area contributed by atoms with Gasteiger partial charge in [0, 0.05) is 29.2 Å². The summed E-state index contributed by atoms with van der Waals surface area (Å²) in [5.74, 6) is 0. The van der Waals surface area contributed by atoms with Gasteiger partial charge in [0.2, 0.25) is 0 Å². The molecule has 4 nitrogen and oxygen atoms in total. The average molecular weight is 350 g/mol. The van der Waals surface area contributed by atoms with E-state index in [9.17, 15) is 5.26 Å². The first-order valence-electron chi connectivity index (χ1n) is 8.16. The van der Waals surface area contributed by atoms with Crippen molar-refractivity contribution in [3.05, 3.63) is 70.9 Å². The predicted molar refractivity (Wildman–Crippen MR) is 98.8 cm³/mol. The monoisotopic (exact) mass is 349 g/mol. The summed E-state index contributed by atoms with van der Waals surface area (Å²) in [4.78, 5) is 6.67. The van der Waals surface area contributed by atoms with Crippen molar-refractivity contribution in [1.29, 1.82) is 5.26 Å². The number of nitriles is 1. The van der Waals surface area contributed by atoms with Gasteiger partial charge in [-0.25, -0.2) is 4.98 Å². The van der Waals surface area contributed by atoms with E-state index in [1.165, 1.54) is 0 Å². The molecule has 0 N–H and O–H groups in total. The summed E-state index contributed by atoms with van der Waals surface area (Å²) in [7, 11) is 0. The first-order chi connectivity index (χ1) is 12.2. The summed E-state index contributed by atoms with van der Waals surface area (Å²) >= 11 is 5.99. The molecule has 2 heterocycles. The minimum atomic E-state index is -0.0246. The van der Waals surface area contributed by atoms with Gasteiger partial charge in [-0.2, -0.15) is 5.26 Å². The molecule has 124 valence electrons. The largest absolute Gasteiger partial charge is 0.370 e. The first kappa shape index (κ1) is 15.9. The fraction of sp³-hybridized carbons (Fsp3) is 0.200. The van der Waals surface area contributed by atoms with E-state index in [4.69, 9.17) is 16.3 Å². The zero-order valence-electron chi connectivity index (χ0n) is 13.5. The number of fused-ring (bicyclic) bond motifs is 1. The molecule has 0 aliphatic carbocycles. The number of halogens is 1. The molecule has 0 saturated carbocycles. The van der Waals surface area contributed by atoms with E-state index in [2.05, 4.69) is 16.0 Å². The molecule has 0 radical (unpaired) electrons. The third-order valence-electron chi connectivity index (χ3n) is 4.46. The third kappa shape index (κ3) is 3.17. The SMILES string of the molecule is N#Cc1cc(N2CCOC(c3ccc(Cl)cc3)C2)c2ccccc2n1. The van der Waals surface area contributed by atoms with Gasteiger partial charge in [-0.05, 0) is 29.8 Å². The van der Waals surface area contributed by atoms with Crippen LogP contribution in [0.4, 0.5) is 5.69 Å². The zero-order valence-corrected chi connectivity index (χ0v) is 14.3. The topological polar surface area (TPSA) is 49.2 Å². The van der Waals surface area contributed by atoms with E-state index < -0.39 is 0 Å². The van der Waals surface area contributed by atoms with Crippen molar-refractivity contribution in [2.45, 2.75) is 6.10 Å². The fourth-order valence-corrected chi connectivity index (χ4v) is 3.35. The van der Waals surface area contributed by atoms with Crippen LogP contribution >= 0.6 is 11.6 Å². The molecule has 5 heteroatoms. The Morgan fingerprint density at radius 3 is 2.76 bits per heavy atom. The summed E-state index contributed by atoms with van der Waals surface area (Å²) in [5, 5.41) is 11.1.